The van der Waals surface area contributed by atoms with E-state index in [1.54, 1.807) is 32.4 Å². The Balaban J connectivity index is 2.64. The van der Waals surface area contributed by atoms with Crippen molar-refractivity contribution in [2.75, 3.05) is 41.0 Å². The molecule has 1 aromatic carbocycles. The van der Waals surface area contributed by atoms with E-state index in [0.29, 0.717) is 36.0 Å². The Kier molecular flexibility index (Phi) is 6.12. The molecule has 0 spiro atoms. The van der Waals surface area contributed by atoms with Gasteiger partial charge in [0.15, 0.2) is 5.78 Å². The van der Waals surface area contributed by atoms with Gasteiger partial charge in [0.05, 0.1) is 25.3 Å². The van der Waals surface area contributed by atoms with Gasteiger partial charge in [-0.15, -0.1) is 0 Å². The zero-order chi connectivity index (χ0) is 13.5. The van der Waals surface area contributed by atoms with Crippen LogP contribution < -0.4 is 4.74 Å². The molecular weight excluding hydrogens is 254 g/mol. The fourth-order valence-corrected chi connectivity index (χ4v) is 1.76. The molecule has 0 saturated carbocycles. The van der Waals surface area contributed by atoms with E-state index in [9.17, 15) is 4.79 Å². The van der Waals surface area contributed by atoms with Crippen molar-refractivity contribution in [1.82, 2.24) is 4.90 Å². The van der Waals surface area contributed by atoms with Gasteiger partial charge < -0.3 is 9.47 Å². The lowest BCUT2D eigenvalue weighted by Crippen LogP contribution is -2.29. The summed E-state index contributed by atoms with van der Waals surface area (Å²) in [6.45, 7) is 1.66. The molecule has 0 fully saturated rings. The van der Waals surface area contributed by atoms with E-state index in [0.717, 1.165) is 0 Å². The minimum Gasteiger partial charge on any atom is -0.495 e. The van der Waals surface area contributed by atoms with Crippen molar-refractivity contribution >= 4 is 17.4 Å². The highest BCUT2D eigenvalue weighted by Gasteiger charge is 2.11. The molecule has 0 amide bonds. The maximum atomic E-state index is 12.0. The Bertz CT molecular complexity index is 409. The molecule has 0 saturated heterocycles. The zero-order valence-corrected chi connectivity index (χ0v) is 11.7. The van der Waals surface area contributed by atoms with Gasteiger partial charge in [-0.25, -0.2) is 0 Å². The fraction of sp³-hybridized carbons (Fsp3) is 0.462. The Labute approximate surface area is 112 Å². The average molecular weight is 272 g/mol. The standard InChI is InChI=1S/C13H18ClNO3/c1-15(6-7-17-2)9-12(16)10-4-5-13(18-3)11(14)8-10/h4-5,8H,6-7,9H2,1-3H3. The van der Waals surface area contributed by atoms with Crippen LogP contribution in [0, 0.1) is 0 Å². The summed E-state index contributed by atoms with van der Waals surface area (Å²) in [4.78, 5) is 13.9. The van der Waals surface area contributed by atoms with Gasteiger partial charge in [0.25, 0.3) is 0 Å². The average Bonchev–Trinajstić information content (AvgIpc) is 2.36. The number of hydrogen-bond donors (Lipinski definition) is 0. The number of ketones is 1. The van der Waals surface area contributed by atoms with Gasteiger partial charge in [-0.1, -0.05) is 11.6 Å². The molecule has 0 radical (unpaired) electrons. The van der Waals surface area contributed by atoms with Crippen LogP contribution in [0.15, 0.2) is 18.2 Å². The maximum Gasteiger partial charge on any atom is 0.176 e. The summed E-state index contributed by atoms with van der Waals surface area (Å²) in [5.74, 6) is 0.596. The predicted molar refractivity (Wildman–Crippen MR) is 71.7 cm³/mol. The second kappa shape index (κ2) is 7.36. The van der Waals surface area contributed by atoms with Crippen LogP contribution in [0.5, 0.6) is 5.75 Å². The first kappa shape index (κ1) is 15.0. The molecule has 0 heterocycles. The second-order valence-corrected chi connectivity index (χ2v) is 4.41. The third kappa shape index (κ3) is 4.29. The monoisotopic (exact) mass is 271 g/mol. The number of nitrogens with zero attached hydrogens (tertiary/aromatic N) is 1. The van der Waals surface area contributed by atoms with Crippen LogP contribution in [-0.4, -0.2) is 51.6 Å². The Morgan fingerprint density at radius 3 is 2.67 bits per heavy atom. The number of halogens is 1. The van der Waals surface area contributed by atoms with Crippen molar-refractivity contribution in [3.63, 3.8) is 0 Å². The largest absolute Gasteiger partial charge is 0.495 e. The number of rotatable bonds is 7. The molecular formula is C13H18ClNO3. The predicted octanol–water partition coefficient (Wildman–Crippen LogP) is 2.11. The number of methoxy groups -OCH3 is 2. The summed E-state index contributed by atoms with van der Waals surface area (Å²) in [5.41, 5.74) is 0.588. The van der Waals surface area contributed by atoms with Gasteiger partial charge in [0, 0.05) is 19.2 Å². The van der Waals surface area contributed by atoms with Crippen molar-refractivity contribution < 1.29 is 14.3 Å². The molecule has 5 heteroatoms. The highest BCUT2D eigenvalue weighted by Crippen LogP contribution is 2.25. The van der Waals surface area contributed by atoms with Crippen molar-refractivity contribution in [1.29, 1.82) is 0 Å². The summed E-state index contributed by atoms with van der Waals surface area (Å²) in [6, 6.07) is 5.05. The lowest BCUT2D eigenvalue weighted by molar-refractivity contribution is 0.0922. The summed E-state index contributed by atoms with van der Waals surface area (Å²) in [7, 11) is 5.06. The number of hydrogen-bond acceptors (Lipinski definition) is 4. The first-order chi connectivity index (χ1) is 8.58. The number of Topliss-reactive ketones (excluding diaryl/α,β-unsaturated/α-hetero) is 1. The number of likely N-dealkylation sites (N-methyl/N-ethyl adjacent to an activating group) is 1. The topological polar surface area (TPSA) is 38.8 Å². The molecule has 0 aliphatic heterocycles. The normalized spacial score (nSPS) is 10.7. The minimum atomic E-state index is 0.0261. The quantitative estimate of drug-likeness (QED) is 0.712. The number of carbonyl (C=O) groups excluding carboxylic acids is 1. The third-order valence-electron chi connectivity index (χ3n) is 2.56. The first-order valence-electron chi connectivity index (χ1n) is 5.62. The number of benzene rings is 1. The molecule has 0 bridgehead atoms. The molecule has 1 rings (SSSR count). The van der Waals surface area contributed by atoms with E-state index in [2.05, 4.69) is 0 Å². The van der Waals surface area contributed by atoms with Crippen molar-refractivity contribution in [3.05, 3.63) is 28.8 Å². The lowest BCUT2D eigenvalue weighted by Gasteiger charge is -2.15. The molecule has 0 aliphatic rings. The molecule has 0 aliphatic carbocycles. The van der Waals surface area contributed by atoms with Crippen LogP contribution >= 0.6 is 11.6 Å². The van der Waals surface area contributed by atoms with Crippen LogP contribution in [0.3, 0.4) is 0 Å². The van der Waals surface area contributed by atoms with E-state index in [1.807, 2.05) is 11.9 Å². The molecule has 0 aromatic heterocycles. The molecule has 0 unspecified atom stereocenters. The number of carbonyl (C=O) groups is 1. The van der Waals surface area contributed by atoms with E-state index in [4.69, 9.17) is 21.1 Å². The van der Waals surface area contributed by atoms with Gasteiger partial charge in [-0.05, 0) is 25.2 Å². The van der Waals surface area contributed by atoms with E-state index >= 15 is 0 Å². The summed E-state index contributed by atoms with van der Waals surface area (Å²) in [6.07, 6.45) is 0. The minimum absolute atomic E-state index is 0.0261. The highest BCUT2D eigenvalue weighted by molar-refractivity contribution is 6.32. The van der Waals surface area contributed by atoms with Crippen LogP contribution in [-0.2, 0) is 4.74 Å². The van der Waals surface area contributed by atoms with E-state index < -0.39 is 0 Å². The van der Waals surface area contributed by atoms with E-state index in [1.165, 1.54) is 0 Å². The molecule has 1 aromatic rings. The van der Waals surface area contributed by atoms with E-state index in [-0.39, 0.29) is 5.78 Å². The summed E-state index contributed by atoms with van der Waals surface area (Å²) >= 11 is 5.98. The Morgan fingerprint density at radius 1 is 1.39 bits per heavy atom. The van der Waals surface area contributed by atoms with Gasteiger partial charge in [0.1, 0.15) is 5.75 Å². The van der Waals surface area contributed by atoms with Crippen molar-refractivity contribution in [2.24, 2.45) is 0 Å². The van der Waals surface area contributed by atoms with Crippen LogP contribution in [0.2, 0.25) is 5.02 Å². The maximum absolute atomic E-state index is 12.0. The molecule has 0 atom stereocenters. The Hall–Kier alpha value is -1.10. The number of ether oxygens (including phenoxy) is 2. The van der Waals surface area contributed by atoms with Gasteiger partial charge in [0.2, 0.25) is 0 Å². The van der Waals surface area contributed by atoms with Gasteiger partial charge in [-0.2, -0.15) is 0 Å². The fourth-order valence-electron chi connectivity index (χ4n) is 1.50. The second-order valence-electron chi connectivity index (χ2n) is 4.00. The summed E-state index contributed by atoms with van der Waals surface area (Å²) in [5, 5.41) is 0.447. The smallest absolute Gasteiger partial charge is 0.176 e. The summed E-state index contributed by atoms with van der Waals surface area (Å²) < 4.78 is 10.0. The van der Waals surface area contributed by atoms with Crippen LogP contribution in [0.1, 0.15) is 10.4 Å². The molecule has 4 nitrogen and oxygen atoms in total. The SMILES string of the molecule is COCCN(C)CC(=O)c1ccc(OC)c(Cl)c1. The van der Waals surface area contributed by atoms with Crippen LogP contribution in [0.25, 0.3) is 0 Å². The van der Waals surface area contributed by atoms with Crippen molar-refractivity contribution in [3.8, 4) is 5.75 Å². The van der Waals surface area contributed by atoms with Crippen molar-refractivity contribution in [2.45, 2.75) is 0 Å². The third-order valence-corrected chi connectivity index (χ3v) is 2.86. The Morgan fingerprint density at radius 2 is 2.11 bits per heavy atom. The van der Waals surface area contributed by atoms with Gasteiger partial charge >= 0.3 is 0 Å². The zero-order valence-electron chi connectivity index (χ0n) is 10.9. The molecule has 0 N–H and O–H groups in total. The lowest BCUT2D eigenvalue weighted by atomic mass is 10.1. The van der Waals surface area contributed by atoms with Gasteiger partial charge in [-0.3, -0.25) is 9.69 Å². The highest BCUT2D eigenvalue weighted by atomic mass is 35.5. The van der Waals surface area contributed by atoms with Crippen LogP contribution in [0.4, 0.5) is 0 Å². The molecule has 100 valence electrons. The first-order valence-corrected chi connectivity index (χ1v) is 6.00. The molecule has 18 heavy (non-hydrogen) atoms.